The van der Waals surface area contributed by atoms with Gasteiger partial charge in [-0.15, -0.1) is 0 Å². The van der Waals surface area contributed by atoms with E-state index in [2.05, 4.69) is 140 Å². The van der Waals surface area contributed by atoms with Crippen molar-refractivity contribution in [2.24, 2.45) is 0 Å². The second-order valence-corrected chi connectivity index (χ2v) is 11.1. The molecule has 2 aliphatic heterocycles. The van der Waals surface area contributed by atoms with E-state index < -0.39 is 0 Å². The van der Waals surface area contributed by atoms with Crippen molar-refractivity contribution in [3.63, 3.8) is 0 Å². The zero-order chi connectivity index (χ0) is 27.4. The van der Waals surface area contributed by atoms with Crippen LogP contribution in [0, 0.1) is 0 Å². The van der Waals surface area contributed by atoms with E-state index in [0.29, 0.717) is 0 Å². The van der Waals surface area contributed by atoms with Gasteiger partial charge in [-0.2, -0.15) is 0 Å². The van der Waals surface area contributed by atoms with Crippen LogP contribution in [-0.4, -0.2) is 25.8 Å². The molecule has 10 rings (SSSR count). The van der Waals surface area contributed by atoms with E-state index in [1.54, 1.807) is 6.33 Å². The van der Waals surface area contributed by atoms with Gasteiger partial charge in [-0.3, -0.25) is 9.13 Å². The number of anilines is 3. The lowest BCUT2D eigenvalue weighted by molar-refractivity contribution is 0.987. The maximum atomic E-state index is 4.91. The van der Waals surface area contributed by atoms with Crippen molar-refractivity contribution in [1.29, 1.82) is 0 Å². The maximum Gasteiger partial charge on any atom is 0.255 e. The predicted octanol–water partition coefficient (Wildman–Crippen LogP) is 6.13. The van der Waals surface area contributed by atoms with Crippen LogP contribution >= 0.6 is 0 Å². The monoisotopic (exact) mass is 535 g/mol. The largest absolute Gasteiger partial charge is 0.311 e. The van der Waals surface area contributed by atoms with Crippen molar-refractivity contribution < 1.29 is 0 Å². The van der Waals surface area contributed by atoms with Gasteiger partial charge in [-0.05, 0) is 58.9 Å². The van der Waals surface area contributed by atoms with Gasteiger partial charge in [-0.1, -0.05) is 78.9 Å². The predicted molar refractivity (Wildman–Crippen MR) is 173 cm³/mol. The van der Waals surface area contributed by atoms with Crippen molar-refractivity contribution in [1.82, 2.24) is 19.1 Å². The number of rotatable bonds is 2. The summed E-state index contributed by atoms with van der Waals surface area (Å²) in [6.07, 6.45) is 3.67. The molecule has 0 saturated heterocycles. The standard InChI is InChI=1S/C36H22BN5/c1-3-11-23(12-4-1)40-30-18-10-8-16-28(30)37-32-27-21-38-22-39-35(27)41(24-13-5-2-6-14-24)36(32)42-29-17-9-7-15-25(29)26-19-20-31(40)33(37)34(26)42/h1-22H. The van der Waals surface area contributed by atoms with Crippen LogP contribution in [0.5, 0.6) is 0 Å². The normalized spacial score (nSPS) is 13.1. The van der Waals surface area contributed by atoms with E-state index in [1.165, 1.54) is 49.6 Å². The summed E-state index contributed by atoms with van der Waals surface area (Å²) in [7, 11) is 0. The van der Waals surface area contributed by atoms with E-state index in [0.717, 1.165) is 28.2 Å². The van der Waals surface area contributed by atoms with E-state index in [1.807, 2.05) is 6.20 Å². The summed E-state index contributed by atoms with van der Waals surface area (Å²) in [6.45, 7) is 0.0186. The van der Waals surface area contributed by atoms with Gasteiger partial charge in [0, 0.05) is 45.1 Å². The molecule has 2 aliphatic rings. The van der Waals surface area contributed by atoms with Crippen molar-refractivity contribution in [3.8, 4) is 11.5 Å². The van der Waals surface area contributed by atoms with E-state index >= 15 is 0 Å². The summed E-state index contributed by atoms with van der Waals surface area (Å²) >= 11 is 0. The first-order valence-corrected chi connectivity index (χ1v) is 14.3. The lowest BCUT2D eigenvalue weighted by Gasteiger charge is -2.39. The summed E-state index contributed by atoms with van der Waals surface area (Å²) in [5.74, 6) is 1.14. The van der Waals surface area contributed by atoms with Gasteiger partial charge in [0.1, 0.15) is 17.8 Å². The highest BCUT2D eigenvalue weighted by Gasteiger charge is 2.44. The summed E-state index contributed by atoms with van der Waals surface area (Å²) < 4.78 is 4.82. The molecule has 0 radical (unpaired) electrons. The van der Waals surface area contributed by atoms with Gasteiger partial charge in [-0.25, -0.2) is 9.97 Å². The molecule has 8 aromatic rings. The average Bonchev–Trinajstić information content (AvgIpc) is 3.58. The van der Waals surface area contributed by atoms with Crippen molar-refractivity contribution >= 4 is 73.0 Å². The second kappa shape index (κ2) is 7.98. The van der Waals surface area contributed by atoms with Crippen LogP contribution in [0.3, 0.4) is 0 Å². The number of benzene rings is 5. The highest BCUT2D eigenvalue weighted by Crippen LogP contribution is 2.43. The molecule has 0 unspecified atom stereocenters. The highest BCUT2D eigenvalue weighted by atomic mass is 15.2. The Morgan fingerprint density at radius 2 is 1.29 bits per heavy atom. The van der Waals surface area contributed by atoms with E-state index in [4.69, 9.17) is 4.98 Å². The minimum absolute atomic E-state index is 0.0186. The van der Waals surface area contributed by atoms with Crippen LogP contribution in [0.1, 0.15) is 0 Å². The molecule has 5 heterocycles. The minimum Gasteiger partial charge on any atom is -0.311 e. The van der Waals surface area contributed by atoms with E-state index in [9.17, 15) is 0 Å². The van der Waals surface area contributed by atoms with Gasteiger partial charge in [0.15, 0.2) is 0 Å². The van der Waals surface area contributed by atoms with Crippen molar-refractivity contribution in [3.05, 3.63) is 134 Å². The van der Waals surface area contributed by atoms with Gasteiger partial charge in [0.05, 0.1) is 11.0 Å². The van der Waals surface area contributed by atoms with Crippen LogP contribution < -0.4 is 21.3 Å². The second-order valence-electron chi connectivity index (χ2n) is 11.1. The molecule has 42 heavy (non-hydrogen) atoms. The zero-order valence-corrected chi connectivity index (χ0v) is 22.5. The molecular formula is C36H22BN5. The third-order valence-corrected chi connectivity index (χ3v) is 9.05. The van der Waals surface area contributed by atoms with Crippen molar-refractivity contribution in [2.45, 2.75) is 0 Å². The van der Waals surface area contributed by atoms with Crippen molar-refractivity contribution in [2.75, 3.05) is 4.90 Å². The Morgan fingerprint density at radius 1 is 0.548 bits per heavy atom. The number of hydrogen-bond donors (Lipinski definition) is 0. The Hall–Kier alpha value is -5.62. The molecule has 0 aliphatic carbocycles. The fourth-order valence-corrected chi connectivity index (χ4v) is 7.51. The van der Waals surface area contributed by atoms with Crippen LogP contribution in [0.4, 0.5) is 17.1 Å². The fraction of sp³-hybridized carbons (Fsp3) is 0. The average molecular weight is 535 g/mol. The molecule has 6 heteroatoms. The molecule has 0 spiro atoms. The summed E-state index contributed by atoms with van der Waals surface area (Å²) in [6, 6.07) is 43.6. The summed E-state index contributed by atoms with van der Waals surface area (Å²) in [4.78, 5) is 11.9. The van der Waals surface area contributed by atoms with Gasteiger partial charge < -0.3 is 4.90 Å². The number of hydrogen-bond acceptors (Lipinski definition) is 3. The Labute approximate surface area is 242 Å². The topological polar surface area (TPSA) is 38.9 Å². The molecule has 0 amide bonds. The SMILES string of the molecule is c1ccc(N2c3ccccc3B3c4c(n(-c5ccccc5)c5ncncc45)-n4c5ccccc5c5ccc2c3c54)cc1. The van der Waals surface area contributed by atoms with E-state index in [-0.39, 0.29) is 6.71 Å². The van der Waals surface area contributed by atoms with Crippen LogP contribution in [-0.2, 0) is 0 Å². The Kier molecular flexibility index (Phi) is 4.20. The van der Waals surface area contributed by atoms with Crippen LogP contribution in [0.25, 0.3) is 44.3 Å². The van der Waals surface area contributed by atoms with Gasteiger partial charge in [0.2, 0.25) is 0 Å². The lowest BCUT2D eigenvalue weighted by Crippen LogP contribution is -2.60. The molecule has 5 aromatic carbocycles. The third-order valence-electron chi connectivity index (χ3n) is 9.05. The Balaban J connectivity index is 1.47. The summed E-state index contributed by atoms with van der Waals surface area (Å²) in [5, 5.41) is 3.60. The number of fused-ring (bicyclic) bond motifs is 10. The molecule has 0 atom stereocenters. The van der Waals surface area contributed by atoms with Gasteiger partial charge >= 0.3 is 0 Å². The molecule has 3 aromatic heterocycles. The first kappa shape index (κ1) is 22.1. The molecule has 0 N–H and O–H groups in total. The molecule has 194 valence electrons. The smallest absolute Gasteiger partial charge is 0.255 e. The molecular weight excluding hydrogens is 513 g/mol. The molecule has 0 bridgehead atoms. The molecule has 5 nitrogen and oxygen atoms in total. The first-order valence-electron chi connectivity index (χ1n) is 14.3. The summed E-state index contributed by atoms with van der Waals surface area (Å²) in [5.41, 5.74) is 11.9. The quantitative estimate of drug-likeness (QED) is 0.250. The lowest BCUT2D eigenvalue weighted by atomic mass is 9.34. The minimum atomic E-state index is 0.0186. The highest BCUT2D eigenvalue weighted by molar-refractivity contribution is 7.01. The van der Waals surface area contributed by atoms with Gasteiger partial charge in [0.25, 0.3) is 6.71 Å². The first-order chi connectivity index (χ1) is 20.9. The Morgan fingerprint density at radius 3 is 2.14 bits per heavy atom. The van der Waals surface area contributed by atoms with Crippen LogP contribution in [0.15, 0.2) is 134 Å². The number of nitrogens with zero attached hydrogens (tertiary/aromatic N) is 5. The Bertz CT molecular complexity index is 2370. The molecule has 0 fully saturated rings. The van der Waals surface area contributed by atoms with Crippen LogP contribution in [0.2, 0.25) is 0 Å². The number of aromatic nitrogens is 4. The fourth-order valence-electron chi connectivity index (χ4n) is 7.51. The number of para-hydroxylation sites is 4. The third kappa shape index (κ3) is 2.64. The molecule has 0 saturated carbocycles. The zero-order valence-electron chi connectivity index (χ0n) is 22.5. The maximum absolute atomic E-state index is 4.91.